The quantitative estimate of drug-likeness (QED) is 0.856. The van der Waals surface area contributed by atoms with Crippen LogP contribution in [0.4, 0.5) is 4.79 Å². The molecule has 1 aliphatic heterocycles. The lowest BCUT2D eigenvalue weighted by Crippen LogP contribution is -2.42. The zero-order chi connectivity index (χ0) is 14.5. The average Bonchev–Trinajstić information content (AvgIpc) is 2.54. The van der Waals surface area contributed by atoms with E-state index in [1.54, 1.807) is 4.90 Å². The molecule has 1 N–H and O–H groups in total. The van der Waals surface area contributed by atoms with Crippen LogP contribution in [0.15, 0.2) is 0 Å². The maximum Gasteiger partial charge on any atom is 0.410 e. The first-order valence-electron chi connectivity index (χ1n) is 7.49. The van der Waals surface area contributed by atoms with Crippen molar-refractivity contribution in [1.82, 2.24) is 10.2 Å². The second kappa shape index (κ2) is 7.13. The van der Waals surface area contributed by atoms with Crippen molar-refractivity contribution < 1.29 is 9.53 Å². The molecule has 0 bridgehead atoms. The van der Waals surface area contributed by atoms with E-state index in [1.807, 2.05) is 27.8 Å². The largest absolute Gasteiger partial charge is 0.444 e. The third-order valence-corrected chi connectivity index (χ3v) is 3.63. The Morgan fingerprint density at radius 2 is 2.05 bits per heavy atom. The minimum atomic E-state index is -0.425. The Morgan fingerprint density at radius 3 is 2.68 bits per heavy atom. The van der Waals surface area contributed by atoms with Gasteiger partial charge in [-0.05, 0) is 53.5 Å². The molecule has 1 amide bonds. The minimum Gasteiger partial charge on any atom is -0.444 e. The van der Waals surface area contributed by atoms with Gasteiger partial charge < -0.3 is 15.0 Å². The van der Waals surface area contributed by atoms with Gasteiger partial charge in [-0.2, -0.15) is 0 Å². The standard InChI is InChI=1S/C15H30N2O2/c1-12(11-13-9-7-6-8-10-16-13)17(5)14(18)19-15(2,3)4/h12-13,16H,6-11H2,1-5H3. The van der Waals surface area contributed by atoms with Crippen molar-refractivity contribution >= 4 is 6.09 Å². The van der Waals surface area contributed by atoms with Crippen molar-refractivity contribution in [1.29, 1.82) is 0 Å². The highest BCUT2D eigenvalue weighted by molar-refractivity contribution is 5.68. The highest BCUT2D eigenvalue weighted by atomic mass is 16.6. The molecular formula is C15H30N2O2. The Bertz CT molecular complexity index is 278. The summed E-state index contributed by atoms with van der Waals surface area (Å²) in [5.74, 6) is 0. The number of carbonyl (C=O) groups is 1. The van der Waals surface area contributed by atoms with Crippen LogP contribution >= 0.6 is 0 Å². The molecule has 1 heterocycles. The Balaban J connectivity index is 2.42. The summed E-state index contributed by atoms with van der Waals surface area (Å²) in [6.45, 7) is 8.90. The van der Waals surface area contributed by atoms with Crippen LogP contribution in [0.5, 0.6) is 0 Å². The molecule has 112 valence electrons. The Kier molecular flexibility index (Phi) is 6.11. The van der Waals surface area contributed by atoms with Crippen molar-refractivity contribution in [2.45, 2.75) is 77.5 Å². The summed E-state index contributed by atoms with van der Waals surface area (Å²) in [6, 6.07) is 0.729. The zero-order valence-electron chi connectivity index (χ0n) is 13.2. The highest BCUT2D eigenvalue weighted by Gasteiger charge is 2.25. The zero-order valence-corrected chi connectivity index (χ0v) is 13.2. The number of amides is 1. The number of nitrogens with zero attached hydrogens (tertiary/aromatic N) is 1. The van der Waals surface area contributed by atoms with Crippen molar-refractivity contribution in [2.24, 2.45) is 0 Å². The molecule has 1 rings (SSSR count). The summed E-state index contributed by atoms with van der Waals surface area (Å²) in [5, 5.41) is 3.58. The van der Waals surface area contributed by atoms with Crippen LogP contribution in [0.1, 0.15) is 59.8 Å². The molecule has 4 nitrogen and oxygen atoms in total. The van der Waals surface area contributed by atoms with Gasteiger partial charge >= 0.3 is 6.09 Å². The third-order valence-electron chi connectivity index (χ3n) is 3.63. The van der Waals surface area contributed by atoms with Gasteiger partial charge in [0.1, 0.15) is 5.60 Å². The minimum absolute atomic E-state index is 0.199. The Labute approximate surface area is 117 Å². The fourth-order valence-electron chi connectivity index (χ4n) is 2.39. The van der Waals surface area contributed by atoms with Crippen LogP contribution in [-0.2, 0) is 4.74 Å². The van der Waals surface area contributed by atoms with Crippen LogP contribution in [-0.4, -0.2) is 42.3 Å². The van der Waals surface area contributed by atoms with E-state index in [1.165, 1.54) is 25.7 Å². The molecule has 2 unspecified atom stereocenters. The Hall–Kier alpha value is -0.770. The number of hydrogen-bond acceptors (Lipinski definition) is 3. The smallest absolute Gasteiger partial charge is 0.410 e. The van der Waals surface area contributed by atoms with Crippen LogP contribution in [0.3, 0.4) is 0 Å². The molecule has 0 aromatic heterocycles. The number of carbonyl (C=O) groups excluding carboxylic acids is 1. The monoisotopic (exact) mass is 270 g/mol. The summed E-state index contributed by atoms with van der Waals surface area (Å²) in [6.07, 6.45) is 5.86. The van der Waals surface area contributed by atoms with Crippen molar-refractivity contribution in [3.8, 4) is 0 Å². The molecule has 2 atom stereocenters. The van der Waals surface area contributed by atoms with Crippen LogP contribution in [0, 0.1) is 0 Å². The lowest BCUT2D eigenvalue weighted by Gasteiger charge is -2.30. The van der Waals surface area contributed by atoms with E-state index in [2.05, 4.69) is 12.2 Å². The maximum atomic E-state index is 12.0. The van der Waals surface area contributed by atoms with Crippen molar-refractivity contribution in [2.75, 3.05) is 13.6 Å². The SMILES string of the molecule is CC(CC1CCCCCN1)N(C)C(=O)OC(C)(C)C. The van der Waals surface area contributed by atoms with Crippen LogP contribution < -0.4 is 5.32 Å². The summed E-state index contributed by atoms with van der Waals surface area (Å²) < 4.78 is 5.40. The molecule has 0 aromatic carbocycles. The van der Waals surface area contributed by atoms with E-state index >= 15 is 0 Å². The van der Waals surface area contributed by atoms with E-state index < -0.39 is 5.60 Å². The highest BCUT2D eigenvalue weighted by Crippen LogP contribution is 2.16. The fraction of sp³-hybridized carbons (Fsp3) is 0.933. The number of hydrogen-bond donors (Lipinski definition) is 1. The maximum absolute atomic E-state index is 12.0. The van der Waals surface area contributed by atoms with E-state index in [4.69, 9.17) is 4.74 Å². The summed E-state index contributed by atoms with van der Waals surface area (Å²) in [4.78, 5) is 13.7. The molecule has 19 heavy (non-hydrogen) atoms. The van der Waals surface area contributed by atoms with E-state index in [9.17, 15) is 4.79 Å². The van der Waals surface area contributed by atoms with Crippen molar-refractivity contribution in [3.05, 3.63) is 0 Å². The summed E-state index contributed by atoms with van der Waals surface area (Å²) in [5.41, 5.74) is -0.425. The first kappa shape index (κ1) is 16.3. The van der Waals surface area contributed by atoms with Gasteiger partial charge in [-0.1, -0.05) is 12.8 Å². The van der Waals surface area contributed by atoms with Gasteiger partial charge in [0, 0.05) is 19.1 Å². The molecule has 0 spiro atoms. The molecule has 1 aliphatic rings. The summed E-state index contributed by atoms with van der Waals surface area (Å²) in [7, 11) is 1.83. The fourth-order valence-corrected chi connectivity index (χ4v) is 2.39. The molecule has 1 saturated heterocycles. The first-order chi connectivity index (χ1) is 8.79. The van der Waals surface area contributed by atoms with Crippen molar-refractivity contribution in [3.63, 3.8) is 0 Å². The second-order valence-corrected chi connectivity index (χ2v) is 6.68. The molecule has 0 radical (unpaired) electrons. The van der Waals surface area contributed by atoms with Gasteiger partial charge in [-0.25, -0.2) is 4.79 Å². The molecular weight excluding hydrogens is 240 g/mol. The Morgan fingerprint density at radius 1 is 1.37 bits per heavy atom. The molecule has 1 fully saturated rings. The number of nitrogens with one attached hydrogen (secondary N) is 1. The van der Waals surface area contributed by atoms with E-state index in [-0.39, 0.29) is 12.1 Å². The van der Waals surface area contributed by atoms with Gasteiger partial charge in [0.05, 0.1) is 0 Å². The predicted molar refractivity (Wildman–Crippen MR) is 78.3 cm³/mol. The van der Waals surface area contributed by atoms with E-state index in [0.717, 1.165) is 13.0 Å². The first-order valence-corrected chi connectivity index (χ1v) is 7.49. The molecule has 0 aliphatic carbocycles. The number of rotatable bonds is 3. The van der Waals surface area contributed by atoms with Gasteiger partial charge in [-0.15, -0.1) is 0 Å². The predicted octanol–water partition coefficient (Wildman–Crippen LogP) is 3.16. The third kappa shape index (κ3) is 6.28. The van der Waals surface area contributed by atoms with Gasteiger partial charge in [0.2, 0.25) is 0 Å². The molecule has 0 aromatic rings. The molecule has 4 heteroatoms. The van der Waals surface area contributed by atoms with Crippen LogP contribution in [0.2, 0.25) is 0 Å². The molecule has 0 saturated carbocycles. The van der Waals surface area contributed by atoms with E-state index in [0.29, 0.717) is 6.04 Å². The summed E-state index contributed by atoms with van der Waals surface area (Å²) >= 11 is 0. The average molecular weight is 270 g/mol. The lowest BCUT2D eigenvalue weighted by molar-refractivity contribution is 0.0221. The van der Waals surface area contributed by atoms with Gasteiger partial charge in [0.25, 0.3) is 0 Å². The second-order valence-electron chi connectivity index (χ2n) is 6.68. The number of ether oxygens (including phenoxy) is 1. The normalized spacial score (nSPS) is 22.5. The van der Waals surface area contributed by atoms with Gasteiger partial charge in [-0.3, -0.25) is 0 Å². The van der Waals surface area contributed by atoms with Gasteiger partial charge in [0.15, 0.2) is 0 Å². The van der Waals surface area contributed by atoms with Crippen LogP contribution in [0.25, 0.3) is 0 Å². The topological polar surface area (TPSA) is 41.6 Å². The lowest BCUT2D eigenvalue weighted by atomic mass is 10.0.